The molecule has 0 spiro atoms. The first-order chi connectivity index (χ1) is 14.2. The van der Waals surface area contributed by atoms with Crippen LogP contribution in [0.3, 0.4) is 0 Å². The Kier molecular flexibility index (Phi) is 6.00. The summed E-state index contributed by atoms with van der Waals surface area (Å²) in [5, 5.41) is 7.09. The summed E-state index contributed by atoms with van der Waals surface area (Å²) in [5.74, 6) is -0.590. The van der Waals surface area contributed by atoms with Crippen molar-refractivity contribution in [2.45, 2.75) is 31.8 Å². The van der Waals surface area contributed by atoms with Gasteiger partial charge in [0.2, 0.25) is 0 Å². The maximum absolute atomic E-state index is 13.3. The number of carbonyl (C=O) groups is 1. The van der Waals surface area contributed by atoms with Crippen molar-refractivity contribution in [3.8, 4) is 5.69 Å². The predicted molar refractivity (Wildman–Crippen MR) is 109 cm³/mol. The number of aromatic nitrogens is 2. The molecule has 0 aliphatic heterocycles. The zero-order chi connectivity index (χ0) is 20.1. The van der Waals surface area contributed by atoms with Gasteiger partial charge in [-0.05, 0) is 61.1 Å². The highest BCUT2D eigenvalue weighted by molar-refractivity contribution is 5.92. The van der Waals surface area contributed by atoms with E-state index >= 15 is 0 Å². The molecule has 0 fully saturated rings. The van der Waals surface area contributed by atoms with Gasteiger partial charge in [-0.3, -0.25) is 4.79 Å². The van der Waals surface area contributed by atoms with Gasteiger partial charge in [-0.25, -0.2) is 9.07 Å². The first-order valence-electron chi connectivity index (χ1n) is 10.00. The second kappa shape index (κ2) is 9.01. The fourth-order valence-corrected chi connectivity index (χ4v) is 3.68. The minimum Gasteiger partial charge on any atom is -0.373 e. The number of ether oxygens (including phenoxy) is 1. The second-order valence-electron chi connectivity index (χ2n) is 7.19. The quantitative estimate of drug-likeness (QED) is 0.612. The van der Waals surface area contributed by atoms with Crippen LogP contribution in [-0.2, 0) is 11.2 Å². The van der Waals surface area contributed by atoms with Crippen molar-refractivity contribution in [3.63, 3.8) is 0 Å². The molecule has 2 aromatic carbocycles. The Hall–Kier alpha value is -2.99. The van der Waals surface area contributed by atoms with E-state index in [-0.39, 0.29) is 17.8 Å². The first-order valence-corrected chi connectivity index (χ1v) is 10.00. The van der Waals surface area contributed by atoms with E-state index in [9.17, 15) is 9.18 Å². The zero-order valence-electron chi connectivity index (χ0n) is 16.2. The number of rotatable bonds is 7. The lowest BCUT2D eigenvalue weighted by Gasteiger charge is -2.25. The Balaban J connectivity index is 1.23. The van der Waals surface area contributed by atoms with Crippen molar-refractivity contribution in [1.82, 2.24) is 15.1 Å². The molecule has 1 aliphatic carbocycles. The molecule has 3 aromatic rings. The number of carbonyl (C=O) groups excluding carboxylic acids is 1. The highest BCUT2D eigenvalue weighted by Gasteiger charge is 2.20. The van der Waals surface area contributed by atoms with Gasteiger partial charge in [0.05, 0.1) is 11.8 Å². The number of nitrogens with zero attached hydrogens (tertiary/aromatic N) is 2. The van der Waals surface area contributed by atoms with Gasteiger partial charge in [0.1, 0.15) is 5.82 Å². The fourth-order valence-electron chi connectivity index (χ4n) is 3.68. The minimum absolute atomic E-state index is 0.151. The third-order valence-corrected chi connectivity index (χ3v) is 5.13. The summed E-state index contributed by atoms with van der Waals surface area (Å²) in [6.45, 7) is 1.11. The van der Waals surface area contributed by atoms with Crippen molar-refractivity contribution in [3.05, 3.63) is 83.4 Å². The van der Waals surface area contributed by atoms with E-state index in [4.69, 9.17) is 4.74 Å². The molecule has 150 valence electrons. The predicted octanol–water partition coefficient (Wildman–Crippen LogP) is 4.23. The second-order valence-corrected chi connectivity index (χ2v) is 7.19. The summed E-state index contributed by atoms with van der Waals surface area (Å²) in [5.41, 5.74) is 3.55. The van der Waals surface area contributed by atoms with Gasteiger partial charge in [-0.1, -0.05) is 30.3 Å². The van der Waals surface area contributed by atoms with Crippen LogP contribution in [0.2, 0.25) is 0 Å². The van der Waals surface area contributed by atoms with Crippen LogP contribution in [0.1, 0.15) is 47.0 Å². The number of amides is 1. The number of hydrogen-bond acceptors (Lipinski definition) is 3. The van der Waals surface area contributed by atoms with Crippen molar-refractivity contribution < 1.29 is 13.9 Å². The maximum Gasteiger partial charge on any atom is 0.271 e. The fraction of sp³-hybridized carbons (Fsp3) is 0.304. The summed E-state index contributed by atoms with van der Waals surface area (Å²) < 4.78 is 20.9. The maximum atomic E-state index is 13.3. The van der Waals surface area contributed by atoms with Gasteiger partial charge in [0, 0.05) is 19.3 Å². The van der Waals surface area contributed by atoms with Crippen molar-refractivity contribution in [2.24, 2.45) is 0 Å². The van der Waals surface area contributed by atoms with Crippen molar-refractivity contribution in [2.75, 3.05) is 13.2 Å². The molecule has 0 saturated heterocycles. The van der Waals surface area contributed by atoms with Gasteiger partial charge in [0.25, 0.3) is 5.91 Å². The molecule has 0 bridgehead atoms. The monoisotopic (exact) mass is 393 g/mol. The van der Waals surface area contributed by atoms with Gasteiger partial charge in [0.15, 0.2) is 5.69 Å². The normalized spacial score (nSPS) is 15.7. The third-order valence-electron chi connectivity index (χ3n) is 5.13. The van der Waals surface area contributed by atoms with Crippen LogP contribution < -0.4 is 5.32 Å². The average Bonchev–Trinajstić information content (AvgIpc) is 3.24. The number of benzene rings is 2. The SMILES string of the molecule is O=C(NCCCOC1CCCc2ccccc21)c1ccn(-c2cccc(F)c2)n1. The standard InChI is InChI=1S/C23H24FN3O2/c24-18-8-4-9-19(16-18)27-14-12-21(26-27)23(28)25-13-5-15-29-22-11-3-7-17-6-1-2-10-20(17)22/h1-2,4,6,8-10,12,14,16,22H,3,5,7,11,13,15H2,(H,25,28). The van der Waals surface area contributed by atoms with Gasteiger partial charge in [-0.2, -0.15) is 5.10 Å². The summed E-state index contributed by atoms with van der Waals surface area (Å²) in [7, 11) is 0. The highest BCUT2D eigenvalue weighted by atomic mass is 19.1. The van der Waals surface area contributed by atoms with Crippen molar-refractivity contribution >= 4 is 5.91 Å². The van der Waals surface area contributed by atoms with E-state index in [1.807, 2.05) is 0 Å². The summed E-state index contributed by atoms with van der Waals surface area (Å²) in [4.78, 5) is 12.3. The van der Waals surface area contributed by atoms with E-state index in [1.165, 1.54) is 27.9 Å². The Morgan fingerprint density at radius 1 is 1.21 bits per heavy atom. The first kappa shape index (κ1) is 19.3. The molecule has 1 atom stereocenters. The summed E-state index contributed by atoms with van der Waals surface area (Å²) in [6, 6.07) is 16.2. The van der Waals surface area contributed by atoms with Crippen LogP contribution in [-0.4, -0.2) is 28.8 Å². The van der Waals surface area contributed by atoms with Crippen LogP contribution in [0, 0.1) is 5.82 Å². The average molecular weight is 393 g/mol. The Morgan fingerprint density at radius 3 is 3.00 bits per heavy atom. The molecule has 6 heteroatoms. The van der Waals surface area contributed by atoms with E-state index in [1.54, 1.807) is 24.4 Å². The minimum atomic E-state index is -0.343. The molecule has 1 N–H and O–H groups in total. The molecule has 0 saturated carbocycles. The van der Waals surface area contributed by atoms with Crippen LogP contribution in [0.5, 0.6) is 0 Å². The zero-order valence-corrected chi connectivity index (χ0v) is 16.2. The summed E-state index contributed by atoms with van der Waals surface area (Å²) >= 11 is 0. The molecule has 0 radical (unpaired) electrons. The lowest BCUT2D eigenvalue weighted by atomic mass is 9.89. The number of nitrogens with one attached hydrogen (secondary N) is 1. The van der Waals surface area contributed by atoms with Gasteiger partial charge in [-0.15, -0.1) is 0 Å². The Morgan fingerprint density at radius 2 is 2.10 bits per heavy atom. The molecule has 1 unspecified atom stereocenters. The van der Waals surface area contributed by atoms with Crippen LogP contribution >= 0.6 is 0 Å². The molecular weight excluding hydrogens is 369 g/mol. The molecule has 1 aliphatic rings. The van der Waals surface area contributed by atoms with Crippen LogP contribution in [0.4, 0.5) is 4.39 Å². The lowest BCUT2D eigenvalue weighted by Crippen LogP contribution is -2.26. The Labute approximate surface area is 169 Å². The smallest absolute Gasteiger partial charge is 0.271 e. The molecule has 29 heavy (non-hydrogen) atoms. The summed E-state index contributed by atoms with van der Waals surface area (Å²) in [6.07, 6.45) is 5.84. The van der Waals surface area contributed by atoms with Crippen LogP contribution in [0.15, 0.2) is 60.8 Å². The van der Waals surface area contributed by atoms with Crippen molar-refractivity contribution in [1.29, 1.82) is 0 Å². The molecule has 4 rings (SSSR count). The Bertz CT molecular complexity index is 986. The number of fused-ring (bicyclic) bond motifs is 1. The van der Waals surface area contributed by atoms with E-state index in [0.29, 0.717) is 24.5 Å². The highest BCUT2D eigenvalue weighted by Crippen LogP contribution is 2.32. The molecule has 1 aromatic heterocycles. The van der Waals surface area contributed by atoms with Gasteiger partial charge < -0.3 is 10.1 Å². The van der Waals surface area contributed by atoms with E-state index < -0.39 is 0 Å². The third kappa shape index (κ3) is 4.71. The van der Waals surface area contributed by atoms with Crippen LogP contribution in [0.25, 0.3) is 5.69 Å². The molecular formula is C23H24FN3O2. The van der Waals surface area contributed by atoms with E-state index in [0.717, 1.165) is 25.7 Å². The largest absolute Gasteiger partial charge is 0.373 e. The number of hydrogen-bond donors (Lipinski definition) is 1. The number of halogens is 1. The molecule has 5 nitrogen and oxygen atoms in total. The molecule has 1 heterocycles. The number of aryl methyl sites for hydroxylation is 1. The van der Waals surface area contributed by atoms with E-state index in [2.05, 4.69) is 34.7 Å². The lowest BCUT2D eigenvalue weighted by molar-refractivity contribution is 0.0393. The topological polar surface area (TPSA) is 56.1 Å². The molecule has 1 amide bonds. The van der Waals surface area contributed by atoms with Gasteiger partial charge >= 0.3 is 0 Å².